The second-order valence-electron chi connectivity index (χ2n) is 7.69. The molecule has 1 aliphatic rings. The van der Waals surface area contributed by atoms with Crippen LogP contribution in [0.3, 0.4) is 0 Å². The number of hydrogen-bond acceptors (Lipinski definition) is 2. The van der Waals surface area contributed by atoms with Gasteiger partial charge in [0.05, 0.1) is 5.92 Å². The lowest BCUT2D eigenvalue weighted by Gasteiger charge is -2.14. The number of rotatable bonds is 4. The Bertz CT molecular complexity index is 604. The highest BCUT2D eigenvalue weighted by atomic mass is 16.5. The van der Waals surface area contributed by atoms with Gasteiger partial charge >= 0.3 is 5.97 Å². The average Bonchev–Trinajstić information content (AvgIpc) is 2.89. The molecule has 0 N–H and O–H groups in total. The highest BCUT2D eigenvalue weighted by molar-refractivity contribution is 5.80. The Hall–Kier alpha value is -1.57. The lowest BCUT2D eigenvalue weighted by molar-refractivity contribution is -0.136. The number of benzene rings is 1. The summed E-state index contributed by atoms with van der Waals surface area (Å²) in [4.78, 5) is 12.6. The molecule has 0 radical (unpaired) electrons. The molecule has 2 heteroatoms. The fourth-order valence-corrected chi connectivity index (χ4v) is 3.18. The van der Waals surface area contributed by atoms with Crippen LogP contribution in [0.4, 0.5) is 0 Å². The van der Waals surface area contributed by atoms with E-state index in [9.17, 15) is 4.79 Å². The van der Waals surface area contributed by atoms with Crippen molar-refractivity contribution in [3.05, 3.63) is 41.0 Å². The van der Waals surface area contributed by atoms with Gasteiger partial charge in [0.15, 0.2) is 0 Å². The molecule has 1 aromatic rings. The van der Waals surface area contributed by atoms with E-state index in [0.29, 0.717) is 5.92 Å². The monoisotopic (exact) mass is 300 g/mol. The lowest BCUT2D eigenvalue weighted by atomic mass is 10.0. The summed E-state index contributed by atoms with van der Waals surface area (Å²) in [7, 11) is 0. The molecule has 2 unspecified atom stereocenters. The Morgan fingerprint density at radius 3 is 2.45 bits per heavy atom. The van der Waals surface area contributed by atoms with Crippen LogP contribution >= 0.6 is 0 Å². The van der Waals surface area contributed by atoms with Gasteiger partial charge in [-0.15, -0.1) is 0 Å². The summed E-state index contributed by atoms with van der Waals surface area (Å²) in [5.41, 5.74) is 3.46. The Balaban J connectivity index is 2.20. The zero-order valence-corrected chi connectivity index (χ0v) is 14.9. The maximum atomic E-state index is 12.6. The molecule has 1 saturated carbocycles. The number of hydrogen-bond donors (Lipinski definition) is 0. The van der Waals surface area contributed by atoms with Gasteiger partial charge < -0.3 is 4.74 Å². The molecule has 2 nitrogen and oxygen atoms in total. The molecule has 0 saturated heterocycles. The molecule has 0 aliphatic heterocycles. The van der Waals surface area contributed by atoms with Crippen molar-refractivity contribution in [1.29, 1.82) is 0 Å². The van der Waals surface area contributed by atoms with Gasteiger partial charge in [-0.05, 0) is 55.2 Å². The lowest BCUT2D eigenvalue weighted by Crippen LogP contribution is -2.15. The molecule has 0 heterocycles. The van der Waals surface area contributed by atoms with Crippen LogP contribution in [0.25, 0.3) is 0 Å². The third kappa shape index (κ3) is 3.26. The Labute approximate surface area is 134 Å². The van der Waals surface area contributed by atoms with Crippen LogP contribution in [0.15, 0.2) is 29.8 Å². The summed E-state index contributed by atoms with van der Waals surface area (Å²) in [6, 6.07) is 6.10. The summed E-state index contributed by atoms with van der Waals surface area (Å²) in [6.07, 6.45) is 2.20. The van der Waals surface area contributed by atoms with E-state index in [-0.39, 0.29) is 23.2 Å². The predicted octanol–water partition coefficient (Wildman–Crippen LogP) is 5.26. The Morgan fingerprint density at radius 1 is 1.27 bits per heavy atom. The zero-order valence-electron chi connectivity index (χ0n) is 14.9. The fourth-order valence-electron chi connectivity index (χ4n) is 3.18. The number of carbonyl (C=O) groups excluding carboxylic acids is 1. The van der Waals surface area contributed by atoms with Crippen LogP contribution in [0.2, 0.25) is 0 Å². The second-order valence-corrected chi connectivity index (χ2v) is 7.69. The smallest absolute Gasteiger partial charge is 0.315 e. The van der Waals surface area contributed by atoms with Gasteiger partial charge in [0.25, 0.3) is 0 Å². The van der Waals surface area contributed by atoms with Crippen LogP contribution in [-0.4, -0.2) is 5.97 Å². The SMILES string of the molecule is CC(C)=CC1C(C(=O)Oc2cc(C)ccc2C(C)C)C1(C)C. The average molecular weight is 300 g/mol. The van der Waals surface area contributed by atoms with Crippen molar-refractivity contribution in [1.82, 2.24) is 0 Å². The highest BCUT2D eigenvalue weighted by Crippen LogP contribution is 2.59. The van der Waals surface area contributed by atoms with Crippen molar-refractivity contribution in [3.63, 3.8) is 0 Å². The first-order chi connectivity index (χ1) is 10.1. The molecule has 1 aromatic carbocycles. The van der Waals surface area contributed by atoms with Crippen LogP contribution in [0.5, 0.6) is 5.75 Å². The molecule has 1 fully saturated rings. The fraction of sp³-hybridized carbons (Fsp3) is 0.550. The van der Waals surface area contributed by atoms with Crippen LogP contribution in [0.1, 0.15) is 58.6 Å². The molecule has 22 heavy (non-hydrogen) atoms. The van der Waals surface area contributed by atoms with E-state index in [1.807, 2.05) is 13.0 Å². The number of allylic oxidation sites excluding steroid dienone is 2. The maximum Gasteiger partial charge on any atom is 0.315 e. The number of carbonyl (C=O) groups is 1. The number of aryl methyl sites for hydroxylation is 1. The van der Waals surface area contributed by atoms with Gasteiger partial charge in [-0.25, -0.2) is 0 Å². The molecule has 2 atom stereocenters. The number of ether oxygens (including phenoxy) is 1. The molecule has 0 spiro atoms. The number of esters is 1. The van der Waals surface area contributed by atoms with E-state index in [0.717, 1.165) is 16.9 Å². The normalized spacial score (nSPS) is 22.4. The van der Waals surface area contributed by atoms with Gasteiger partial charge in [0, 0.05) is 0 Å². The first kappa shape index (κ1) is 16.8. The summed E-state index contributed by atoms with van der Waals surface area (Å²) in [5, 5.41) is 0. The summed E-state index contributed by atoms with van der Waals surface area (Å²) in [6.45, 7) is 14.7. The predicted molar refractivity (Wildman–Crippen MR) is 91.1 cm³/mol. The van der Waals surface area contributed by atoms with Gasteiger partial charge in [-0.3, -0.25) is 4.79 Å². The molecule has 1 aliphatic carbocycles. The van der Waals surface area contributed by atoms with Crippen molar-refractivity contribution in [2.24, 2.45) is 17.3 Å². The van der Waals surface area contributed by atoms with Crippen LogP contribution in [-0.2, 0) is 4.79 Å². The van der Waals surface area contributed by atoms with E-state index in [4.69, 9.17) is 4.74 Å². The van der Waals surface area contributed by atoms with Crippen LogP contribution in [0, 0.1) is 24.2 Å². The minimum absolute atomic E-state index is 0.00380. The summed E-state index contributed by atoms with van der Waals surface area (Å²) < 4.78 is 5.79. The minimum atomic E-state index is -0.0972. The van der Waals surface area contributed by atoms with E-state index in [2.05, 4.69) is 59.8 Å². The molecular formula is C20H28O2. The maximum absolute atomic E-state index is 12.6. The zero-order chi connectivity index (χ0) is 16.7. The largest absolute Gasteiger partial charge is 0.426 e. The third-order valence-electron chi connectivity index (χ3n) is 4.68. The molecular weight excluding hydrogens is 272 g/mol. The molecule has 120 valence electrons. The van der Waals surface area contributed by atoms with Crippen molar-refractivity contribution in [3.8, 4) is 5.75 Å². The van der Waals surface area contributed by atoms with Gasteiger partial charge in [-0.2, -0.15) is 0 Å². The molecule has 0 amide bonds. The Kier molecular flexibility index (Phi) is 4.51. The summed E-state index contributed by atoms with van der Waals surface area (Å²) >= 11 is 0. The first-order valence-corrected chi connectivity index (χ1v) is 8.12. The Morgan fingerprint density at radius 2 is 1.91 bits per heavy atom. The van der Waals surface area contributed by atoms with E-state index < -0.39 is 0 Å². The molecule has 0 bridgehead atoms. The topological polar surface area (TPSA) is 26.3 Å². The third-order valence-corrected chi connectivity index (χ3v) is 4.68. The first-order valence-electron chi connectivity index (χ1n) is 8.12. The highest BCUT2D eigenvalue weighted by Gasteiger charge is 2.61. The van der Waals surface area contributed by atoms with Gasteiger partial charge in [0.1, 0.15) is 5.75 Å². The van der Waals surface area contributed by atoms with E-state index in [1.54, 1.807) is 0 Å². The molecule has 2 rings (SSSR count). The van der Waals surface area contributed by atoms with Crippen LogP contribution < -0.4 is 4.74 Å². The van der Waals surface area contributed by atoms with Crippen molar-refractivity contribution < 1.29 is 9.53 Å². The van der Waals surface area contributed by atoms with Gasteiger partial charge in [-0.1, -0.05) is 51.5 Å². The van der Waals surface area contributed by atoms with Crippen molar-refractivity contribution >= 4 is 5.97 Å². The minimum Gasteiger partial charge on any atom is -0.426 e. The quantitative estimate of drug-likeness (QED) is 0.430. The van der Waals surface area contributed by atoms with E-state index >= 15 is 0 Å². The standard InChI is InChI=1S/C20H28O2/c1-12(2)10-16-18(20(16,6)7)19(21)22-17-11-14(5)8-9-15(17)13(3)4/h8-11,13,16,18H,1-7H3. The second kappa shape index (κ2) is 5.91. The van der Waals surface area contributed by atoms with Gasteiger partial charge in [0.2, 0.25) is 0 Å². The van der Waals surface area contributed by atoms with Crippen molar-refractivity contribution in [2.45, 2.75) is 54.4 Å². The van der Waals surface area contributed by atoms with Crippen molar-refractivity contribution in [2.75, 3.05) is 0 Å². The van der Waals surface area contributed by atoms with E-state index in [1.165, 1.54) is 5.57 Å². The summed E-state index contributed by atoms with van der Waals surface area (Å²) in [5.74, 6) is 1.21. The molecule has 0 aromatic heterocycles.